The van der Waals surface area contributed by atoms with Crippen molar-refractivity contribution in [2.24, 2.45) is 35.5 Å². The first kappa shape index (κ1) is 36.8. The standard InChI is InChI=1S/C16H22O10.C8H11NO2.Li/c1-3-8(5-17)12(16(25)26)10(14(21)22)4-9(6-18)11(15(23)24)7(2)13(19)20;9-4-3-6-1-2-7(10)8(11)5-6;/h5-12H,3-4H2,1-2H3,(H,19,20)(H,21,22)(H,23,24)(H,25,26);1-2,5,10-11H,3-4,9H2;/q;;+1/p-1. The van der Waals surface area contributed by atoms with Crippen molar-refractivity contribution in [2.75, 3.05) is 6.54 Å². The topological polar surface area (TPSA) is 257 Å². The number of carbonyl (C=O) groups excluding carboxylic acids is 4. The summed E-state index contributed by atoms with van der Waals surface area (Å²) in [5.41, 5.74) is 4.68. The molecule has 0 heterocycles. The van der Waals surface area contributed by atoms with Gasteiger partial charge in [0.2, 0.25) is 0 Å². The van der Waals surface area contributed by atoms with Gasteiger partial charge in [-0.1, -0.05) is 19.9 Å². The van der Waals surface area contributed by atoms with Crippen LogP contribution in [-0.4, -0.2) is 63.4 Å². The summed E-state index contributed by atoms with van der Waals surface area (Å²) in [6.45, 7) is 3.23. The number of carboxylic acid groups (broad SMARTS) is 4. The van der Waals surface area contributed by atoms with Crippen molar-refractivity contribution >= 4 is 36.4 Å². The van der Waals surface area contributed by atoms with Crippen LogP contribution in [0.25, 0.3) is 0 Å². The summed E-state index contributed by atoms with van der Waals surface area (Å²) in [6, 6.07) is 4.82. The van der Waals surface area contributed by atoms with E-state index >= 15 is 0 Å². The summed E-state index contributed by atoms with van der Waals surface area (Å²) in [5, 5.41) is 58.9. The molecule has 0 spiro atoms. The molecule has 13 nitrogen and oxygen atoms in total. The van der Waals surface area contributed by atoms with Crippen molar-refractivity contribution in [2.45, 2.75) is 33.1 Å². The summed E-state index contributed by atoms with van der Waals surface area (Å²) in [7, 11) is 0. The van der Waals surface area contributed by atoms with Crippen LogP contribution in [0.3, 0.4) is 0 Å². The van der Waals surface area contributed by atoms with Crippen LogP contribution < -0.4 is 34.8 Å². The van der Waals surface area contributed by atoms with Gasteiger partial charge in [0.1, 0.15) is 12.6 Å². The average molecular weight is 533 g/mol. The number of hydrogen-bond donors (Lipinski definition) is 5. The first-order valence-corrected chi connectivity index (χ1v) is 11.3. The van der Waals surface area contributed by atoms with Crippen molar-refractivity contribution in [1.82, 2.24) is 0 Å². The molecule has 0 saturated carbocycles. The molecule has 0 aliphatic rings. The number of carbonyl (C=O) groups is 6. The molecule has 1 aromatic carbocycles. The zero-order valence-corrected chi connectivity index (χ0v) is 21.4. The van der Waals surface area contributed by atoms with Crippen LogP contribution in [0.2, 0.25) is 0 Å². The van der Waals surface area contributed by atoms with Crippen molar-refractivity contribution in [3.05, 3.63) is 23.8 Å². The summed E-state index contributed by atoms with van der Waals surface area (Å²) in [5.74, 6) is -17.0. The maximum absolute atomic E-state index is 11.5. The summed E-state index contributed by atoms with van der Waals surface area (Å²) < 4.78 is 0. The molecule has 6 atom stereocenters. The quantitative estimate of drug-likeness (QED) is 0.0803. The summed E-state index contributed by atoms with van der Waals surface area (Å²) >= 11 is 0. The van der Waals surface area contributed by atoms with E-state index in [2.05, 4.69) is 5.73 Å². The molecule has 0 amide bonds. The molecule has 0 aliphatic heterocycles. The Morgan fingerprint density at radius 3 is 1.79 bits per heavy atom. The average Bonchev–Trinajstić information content (AvgIpc) is 2.82. The van der Waals surface area contributed by atoms with E-state index in [1.165, 1.54) is 13.0 Å². The first-order chi connectivity index (χ1) is 17.3. The van der Waals surface area contributed by atoms with E-state index in [0.29, 0.717) is 0 Å². The maximum atomic E-state index is 11.5. The van der Waals surface area contributed by atoms with Crippen molar-refractivity contribution in [3.63, 3.8) is 0 Å². The van der Waals surface area contributed by atoms with Gasteiger partial charge in [-0.3, -0.25) is 9.59 Å². The van der Waals surface area contributed by atoms with E-state index in [1.54, 1.807) is 12.1 Å². The second kappa shape index (κ2) is 17.9. The monoisotopic (exact) mass is 533 g/mol. The van der Waals surface area contributed by atoms with Crippen LogP contribution >= 0.6 is 0 Å². The Morgan fingerprint density at radius 1 is 0.921 bits per heavy atom. The minimum atomic E-state index is -1.88. The maximum Gasteiger partial charge on any atom is 1.00 e. The number of phenolic OH excluding ortho intramolecular Hbond substituents is 2. The molecule has 0 radical (unpaired) electrons. The molecule has 0 aliphatic carbocycles. The van der Waals surface area contributed by atoms with Crippen LogP contribution in [0.1, 0.15) is 32.3 Å². The second-order valence-corrected chi connectivity index (χ2v) is 8.43. The molecule has 0 aromatic heterocycles. The van der Waals surface area contributed by atoms with Crippen molar-refractivity contribution in [3.8, 4) is 11.5 Å². The minimum absolute atomic E-state index is 0. The molecule has 0 saturated heterocycles. The normalized spacial score (nSPS) is 15.0. The van der Waals surface area contributed by atoms with Gasteiger partial charge in [-0.25, -0.2) is 0 Å². The van der Waals surface area contributed by atoms with Gasteiger partial charge in [0.25, 0.3) is 0 Å². The molecule has 0 fully saturated rings. The SMILES string of the molecule is CCC(C=O)C(C(=O)O)C(CC(C=O)C(C(=O)O)C(C)C(=O)[O-])C(=O)[O-].[Li+].[NH3+]CCc1ccc(O)c(O)c1. The van der Waals surface area contributed by atoms with Crippen LogP contribution in [-0.2, 0) is 35.2 Å². The smallest absolute Gasteiger partial charge is 0.550 e. The largest absolute Gasteiger partial charge is 1.00 e. The Morgan fingerprint density at radius 2 is 1.45 bits per heavy atom. The molecule has 7 N–H and O–H groups in total. The predicted molar refractivity (Wildman–Crippen MR) is 120 cm³/mol. The van der Waals surface area contributed by atoms with Crippen LogP contribution in [0.15, 0.2) is 18.2 Å². The van der Waals surface area contributed by atoms with Gasteiger partial charge in [0, 0.05) is 42.0 Å². The fourth-order valence-electron chi connectivity index (χ4n) is 3.90. The number of quaternary nitrogens is 1. The third-order valence-corrected chi connectivity index (χ3v) is 5.99. The molecule has 1 rings (SSSR count). The van der Waals surface area contributed by atoms with Crippen molar-refractivity contribution in [1.29, 1.82) is 0 Å². The van der Waals surface area contributed by atoms with Crippen LogP contribution in [0, 0.1) is 35.5 Å². The second-order valence-electron chi connectivity index (χ2n) is 8.43. The van der Waals surface area contributed by atoms with Gasteiger partial charge >= 0.3 is 30.8 Å². The minimum Gasteiger partial charge on any atom is -0.550 e. The predicted octanol–water partition coefficient (Wildman–Crippen LogP) is -5.54. The van der Waals surface area contributed by atoms with E-state index in [1.807, 2.05) is 0 Å². The number of aliphatic carboxylic acids is 4. The van der Waals surface area contributed by atoms with Crippen molar-refractivity contribution < 1.29 is 84.0 Å². The van der Waals surface area contributed by atoms with E-state index in [4.69, 9.17) is 10.2 Å². The number of carboxylic acids is 4. The summed E-state index contributed by atoms with van der Waals surface area (Å²) in [6.07, 6.45) is 0.349. The molecule has 0 bridgehead atoms. The van der Waals surface area contributed by atoms with Gasteiger partial charge in [-0.15, -0.1) is 0 Å². The summed E-state index contributed by atoms with van der Waals surface area (Å²) in [4.78, 5) is 67.6. The number of benzene rings is 1. The molecule has 6 unspecified atom stereocenters. The van der Waals surface area contributed by atoms with E-state index in [-0.39, 0.29) is 49.4 Å². The van der Waals surface area contributed by atoms with Gasteiger partial charge in [-0.2, -0.15) is 0 Å². The van der Waals surface area contributed by atoms with Gasteiger partial charge < -0.3 is 55.6 Å². The molecule has 14 heteroatoms. The van der Waals surface area contributed by atoms with E-state index in [9.17, 15) is 49.2 Å². The van der Waals surface area contributed by atoms with Gasteiger partial charge in [-0.05, 0) is 30.5 Å². The van der Waals surface area contributed by atoms with Gasteiger partial charge in [0.05, 0.1) is 18.4 Å². The fourth-order valence-corrected chi connectivity index (χ4v) is 3.90. The Balaban J connectivity index is 0. The van der Waals surface area contributed by atoms with E-state index < -0.39 is 65.8 Å². The Kier molecular flexibility index (Phi) is 17.4. The van der Waals surface area contributed by atoms with Gasteiger partial charge in [0.15, 0.2) is 11.5 Å². The number of aromatic hydroxyl groups is 2. The number of rotatable bonds is 15. The van der Waals surface area contributed by atoms with Crippen LogP contribution in [0.4, 0.5) is 0 Å². The Labute approximate surface area is 230 Å². The van der Waals surface area contributed by atoms with E-state index in [0.717, 1.165) is 25.5 Å². The molecular formula is C24H32LiNO12. The molecule has 38 heavy (non-hydrogen) atoms. The molecular weight excluding hydrogens is 501 g/mol. The zero-order chi connectivity index (χ0) is 28.9. The third kappa shape index (κ3) is 10.9. The fraction of sp³-hybridized carbons (Fsp3) is 0.500. The Bertz CT molecular complexity index is 970. The third-order valence-electron chi connectivity index (χ3n) is 5.99. The molecule has 1 aromatic rings. The number of phenols is 2. The Hall–Kier alpha value is -3.40. The number of aldehydes is 2. The first-order valence-electron chi connectivity index (χ1n) is 11.3. The zero-order valence-electron chi connectivity index (χ0n) is 21.4. The number of hydrogen-bond acceptors (Lipinski definition) is 10. The van der Waals surface area contributed by atoms with Crippen LogP contribution in [0.5, 0.6) is 11.5 Å². The molecule has 206 valence electrons.